The molecule has 1 amide bonds. The third-order valence-corrected chi connectivity index (χ3v) is 4.66. The van der Waals surface area contributed by atoms with Crippen LogP contribution in [0.3, 0.4) is 0 Å². The van der Waals surface area contributed by atoms with Gasteiger partial charge < -0.3 is 4.90 Å². The molecule has 5 nitrogen and oxygen atoms in total. The van der Waals surface area contributed by atoms with Crippen LogP contribution in [-0.2, 0) is 11.3 Å². The first-order chi connectivity index (χ1) is 13.0. The Kier molecular flexibility index (Phi) is 7.74. The highest BCUT2D eigenvalue weighted by molar-refractivity contribution is 5.95. The third-order valence-electron chi connectivity index (χ3n) is 4.66. The van der Waals surface area contributed by atoms with Gasteiger partial charge in [0, 0.05) is 17.0 Å². The van der Waals surface area contributed by atoms with E-state index in [4.69, 9.17) is 0 Å². The summed E-state index contributed by atoms with van der Waals surface area (Å²) in [5.74, 6) is -0.945. The zero-order valence-corrected chi connectivity index (χ0v) is 15.7. The minimum Gasteiger partial charge on any atom is -0.308 e. The summed E-state index contributed by atoms with van der Waals surface area (Å²) in [6, 6.07) is 18.1. The van der Waals surface area contributed by atoms with Gasteiger partial charge in [-0.3, -0.25) is 14.9 Å². The fourth-order valence-electron chi connectivity index (χ4n) is 3.09. The third kappa shape index (κ3) is 5.78. The fraction of sp³-hybridized carbons (Fsp3) is 0.318. The fourth-order valence-corrected chi connectivity index (χ4v) is 3.09. The molecule has 0 aromatic heterocycles. The lowest BCUT2D eigenvalue weighted by Gasteiger charge is -2.27. The highest BCUT2D eigenvalue weighted by atomic mass is 16.6. The SMILES string of the molecule is C=CCCC[C@@H]([C@@H](C)C(=O)N(Cc1ccccc1)c1ccccc1)[N+](=O)[O-]. The van der Waals surface area contributed by atoms with E-state index in [1.165, 1.54) is 0 Å². The number of carbonyl (C=O) groups is 1. The number of benzene rings is 2. The first kappa shape index (κ1) is 20.4. The van der Waals surface area contributed by atoms with Crippen molar-refractivity contribution in [3.63, 3.8) is 0 Å². The standard InChI is InChI=1S/C22H26N2O3/c1-3-4-7-16-21(24(26)27)18(2)22(25)23(20-14-10-6-11-15-20)17-19-12-8-5-9-13-19/h3,5-6,8-15,18,21H,1,4,7,16-17H2,2H3/t18-,21+/m1/s1. The average Bonchev–Trinajstić information content (AvgIpc) is 2.69. The zero-order valence-electron chi connectivity index (χ0n) is 15.7. The van der Waals surface area contributed by atoms with E-state index in [1.54, 1.807) is 17.9 Å². The van der Waals surface area contributed by atoms with Crippen molar-refractivity contribution in [2.24, 2.45) is 5.92 Å². The van der Waals surface area contributed by atoms with Crippen molar-refractivity contribution in [2.75, 3.05) is 4.90 Å². The van der Waals surface area contributed by atoms with Crippen LogP contribution >= 0.6 is 0 Å². The summed E-state index contributed by atoms with van der Waals surface area (Å²) >= 11 is 0. The number of unbranched alkanes of at least 4 members (excludes halogenated alkanes) is 1. The largest absolute Gasteiger partial charge is 0.308 e. The number of allylic oxidation sites excluding steroid dienone is 1. The molecule has 2 aromatic rings. The second-order valence-electron chi connectivity index (χ2n) is 6.61. The predicted octanol–water partition coefficient (Wildman–Crippen LogP) is 4.86. The van der Waals surface area contributed by atoms with Gasteiger partial charge in [0.2, 0.25) is 11.9 Å². The molecule has 0 saturated heterocycles. The number of hydrogen-bond donors (Lipinski definition) is 0. The summed E-state index contributed by atoms with van der Waals surface area (Å²) in [6.45, 7) is 5.69. The quantitative estimate of drug-likeness (QED) is 0.261. The molecule has 0 aliphatic heterocycles. The van der Waals surface area contributed by atoms with E-state index < -0.39 is 12.0 Å². The number of para-hydroxylation sites is 1. The highest BCUT2D eigenvalue weighted by Crippen LogP contribution is 2.23. The van der Waals surface area contributed by atoms with Crippen LogP contribution in [0.15, 0.2) is 73.3 Å². The van der Waals surface area contributed by atoms with Crippen molar-refractivity contribution in [3.05, 3.63) is 89.0 Å². The van der Waals surface area contributed by atoms with Gasteiger partial charge in [-0.05, 0) is 37.5 Å². The molecule has 2 aromatic carbocycles. The van der Waals surface area contributed by atoms with Crippen molar-refractivity contribution in [2.45, 2.75) is 38.8 Å². The van der Waals surface area contributed by atoms with Gasteiger partial charge in [-0.25, -0.2) is 0 Å². The molecule has 2 atom stereocenters. The Morgan fingerprint density at radius 2 is 1.74 bits per heavy atom. The number of nitro groups is 1. The van der Waals surface area contributed by atoms with E-state index in [9.17, 15) is 14.9 Å². The molecular formula is C22H26N2O3. The Labute approximate surface area is 160 Å². The number of nitrogens with zero attached hydrogens (tertiary/aromatic N) is 2. The molecule has 27 heavy (non-hydrogen) atoms. The van der Waals surface area contributed by atoms with Crippen LogP contribution in [0.4, 0.5) is 5.69 Å². The van der Waals surface area contributed by atoms with Crippen LogP contribution in [-0.4, -0.2) is 16.9 Å². The Bertz CT molecular complexity index is 747. The van der Waals surface area contributed by atoms with Gasteiger partial charge in [0.15, 0.2) is 0 Å². The number of hydrogen-bond acceptors (Lipinski definition) is 3. The zero-order chi connectivity index (χ0) is 19.6. The molecule has 0 heterocycles. The van der Waals surface area contributed by atoms with Gasteiger partial charge in [-0.2, -0.15) is 0 Å². The van der Waals surface area contributed by atoms with Crippen LogP contribution in [0.2, 0.25) is 0 Å². The highest BCUT2D eigenvalue weighted by Gasteiger charge is 2.35. The Morgan fingerprint density at radius 3 is 2.30 bits per heavy atom. The van der Waals surface area contributed by atoms with Gasteiger partial charge >= 0.3 is 0 Å². The molecule has 0 spiro atoms. The van der Waals surface area contributed by atoms with E-state index in [0.29, 0.717) is 25.8 Å². The van der Waals surface area contributed by atoms with Crippen LogP contribution < -0.4 is 4.90 Å². The normalized spacial score (nSPS) is 12.8. The van der Waals surface area contributed by atoms with Crippen LogP contribution in [0.25, 0.3) is 0 Å². The Morgan fingerprint density at radius 1 is 1.15 bits per heavy atom. The summed E-state index contributed by atoms with van der Waals surface area (Å²) in [5, 5.41) is 11.6. The van der Waals surface area contributed by atoms with Crippen molar-refractivity contribution in [3.8, 4) is 0 Å². The lowest BCUT2D eigenvalue weighted by atomic mass is 9.95. The van der Waals surface area contributed by atoms with E-state index in [0.717, 1.165) is 11.3 Å². The number of rotatable bonds is 10. The Hall–Kier alpha value is -2.95. The van der Waals surface area contributed by atoms with Crippen molar-refractivity contribution < 1.29 is 9.72 Å². The van der Waals surface area contributed by atoms with Crippen molar-refractivity contribution >= 4 is 11.6 Å². The monoisotopic (exact) mass is 366 g/mol. The maximum atomic E-state index is 13.2. The second-order valence-corrected chi connectivity index (χ2v) is 6.61. The topological polar surface area (TPSA) is 63.5 Å². The number of amides is 1. The van der Waals surface area contributed by atoms with Crippen LogP contribution in [0.5, 0.6) is 0 Å². The minimum atomic E-state index is -0.903. The molecule has 0 fully saturated rings. The maximum absolute atomic E-state index is 13.2. The molecule has 2 rings (SSSR count). The minimum absolute atomic E-state index is 0.231. The summed E-state index contributed by atoms with van der Waals surface area (Å²) in [5.41, 5.74) is 1.72. The smallest absolute Gasteiger partial charge is 0.237 e. The molecule has 0 saturated carbocycles. The molecule has 0 aliphatic rings. The lowest BCUT2D eigenvalue weighted by molar-refractivity contribution is -0.529. The van der Waals surface area contributed by atoms with Gasteiger partial charge in [0.1, 0.15) is 5.92 Å². The molecule has 0 aliphatic carbocycles. The molecule has 0 bridgehead atoms. The second kappa shape index (κ2) is 10.3. The lowest BCUT2D eigenvalue weighted by Crippen LogP contribution is -2.42. The van der Waals surface area contributed by atoms with Gasteiger partial charge in [0.05, 0.1) is 6.54 Å². The summed E-state index contributed by atoms with van der Waals surface area (Å²) in [6.07, 6.45) is 3.46. The van der Waals surface area contributed by atoms with Gasteiger partial charge in [-0.1, -0.05) is 54.6 Å². The maximum Gasteiger partial charge on any atom is 0.237 e. The van der Waals surface area contributed by atoms with Gasteiger partial charge in [0.25, 0.3) is 0 Å². The first-order valence-corrected chi connectivity index (χ1v) is 9.19. The average molecular weight is 366 g/mol. The number of anilines is 1. The van der Waals surface area contributed by atoms with Gasteiger partial charge in [-0.15, -0.1) is 6.58 Å². The Balaban J connectivity index is 2.25. The first-order valence-electron chi connectivity index (χ1n) is 9.19. The van der Waals surface area contributed by atoms with E-state index in [2.05, 4.69) is 6.58 Å². The van der Waals surface area contributed by atoms with E-state index >= 15 is 0 Å². The summed E-state index contributed by atoms with van der Waals surface area (Å²) in [4.78, 5) is 26.1. The molecular weight excluding hydrogens is 340 g/mol. The molecule has 0 N–H and O–H groups in total. The van der Waals surface area contributed by atoms with Crippen molar-refractivity contribution in [1.29, 1.82) is 0 Å². The van der Waals surface area contributed by atoms with E-state index in [1.807, 2.05) is 60.7 Å². The predicted molar refractivity (Wildman–Crippen MR) is 108 cm³/mol. The molecule has 5 heteroatoms. The van der Waals surface area contributed by atoms with Crippen LogP contribution in [0.1, 0.15) is 31.7 Å². The van der Waals surface area contributed by atoms with Crippen LogP contribution in [0, 0.1) is 16.0 Å². The van der Waals surface area contributed by atoms with E-state index in [-0.39, 0.29) is 10.8 Å². The molecule has 142 valence electrons. The summed E-state index contributed by atoms with van der Waals surface area (Å²) < 4.78 is 0. The summed E-state index contributed by atoms with van der Waals surface area (Å²) in [7, 11) is 0. The van der Waals surface area contributed by atoms with Crippen molar-refractivity contribution in [1.82, 2.24) is 0 Å². The molecule has 0 unspecified atom stereocenters. The number of carbonyl (C=O) groups excluding carboxylic acids is 1. The molecule has 0 radical (unpaired) electrons.